The van der Waals surface area contributed by atoms with E-state index in [2.05, 4.69) is 0 Å². The largest absolute Gasteiger partial charge is 0.507 e. The number of likely N-dealkylation sites (tertiary alicyclic amines) is 1. The molecule has 0 saturated carbocycles. The van der Waals surface area contributed by atoms with Crippen molar-refractivity contribution >= 4 is 40.7 Å². The van der Waals surface area contributed by atoms with E-state index in [1.165, 1.54) is 4.90 Å². The zero-order valence-electron chi connectivity index (χ0n) is 18.5. The van der Waals surface area contributed by atoms with E-state index in [0.717, 1.165) is 5.56 Å². The molecule has 3 aromatic rings. The lowest BCUT2D eigenvalue weighted by atomic mass is 9.95. The number of carbonyl (C=O) groups is 2. The van der Waals surface area contributed by atoms with Gasteiger partial charge in [-0.2, -0.15) is 0 Å². The molecule has 0 aromatic heterocycles. The Kier molecular flexibility index (Phi) is 7.25. The van der Waals surface area contributed by atoms with Crippen LogP contribution in [0.3, 0.4) is 0 Å². The molecule has 1 aliphatic heterocycles. The second kappa shape index (κ2) is 10.3. The molecule has 1 atom stereocenters. The first kappa shape index (κ1) is 23.9. The second-order valence-corrected chi connectivity index (χ2v) is 8.67. The average Bonchev–Trinajstić information content (AvgIpc) is 3.10. The van der Waals surface area contributed by atoms with Crippen LogP contribution >= 0.6 is 23.2 Å². The predicted molar refractivity (Wildman–Crippen MR) is 133 cm³/mol. The number of ether oxygens (including phenoxy) is 1. The molecule has 4 rings (SSSR count). The molecule has 1 aliphatic rings. The van der Waals surface area contributed by atoms with Gasteiger partial charge in [0.25, 0.3) is 11.7 Å². The lowest BCUT2D eigenvalue weighted by molar-refractivity contribution is -0.139. The molecule has 1 saturated heterocycles. The molecule has 1 amide bonds. The van der Waals surface area contributed by atoms with Gasteiger partial charge >= 0.3 is 0 Å². The molecule has 5 nitrogen and oxygen atoms in total. The maximum Gasteiger partial charge on any atom is 0.295 e. The van der Waals surface area contributed by atoms with Crippen molar-refractivity contribution < 1.29 is 19.4 Å². The van der Waals surface area contributed by atoms with Gasteiger partial charge in [0.2, 0.25) is 0 Å². The van der Waals surface area contributed by atoms with Gasteiger partial charge in [-0.1, -0.05) is 59.6 Å². The highest BCUT2D eigenvalue weighted by Crippen LogP contribution is 2.41. The summed E-state index contributed by atoms with van der Waals surface area (Å²) in [6, 6.07) is 20.6. The van der Waals surface area contributed by atoms with Gasteiger partial charge in [0, 0.05) is 12.1 Å². The van der Waals surface area contributed by atoms with Gasteiger partial charge in [-0.25, -0.2) is 0 Å². The van der Waals surface area contributed by atoms with Crippen molar-refractivity contribution in [2.45, 2.75) is 19.4 Å². The average molecular weight is 496 g/mol. The molecule has 3 aromatic carbocycles. The van der Waals surface area contributed by atoms with Crippen LogP contribution in [0.25, 0.3) is 5.76 Å². The summed E-state index contributed by atoms with van der Waals surface area (Å²) < 4.78 is 5.46. The normalized spacial score (nSPS) is 17.3. The number of nitrogens with zero attached hydrogens (tertiary/aromatic N) is 1. The Balaban J connectivity index is 1.78. The minimum Gasteiger partial charge on any atom is -0.507 e. The SMILES string of the molecule is CCOc1ccc(C(O)=C2C(=O)C(=O)N(CCc3ccccc3)C2c2ccc(Cl)c(Cl)c2)cc1. The van der Waals surface area contributed by atoms with Crippen LogP contribution in [-0.4, -0.2) is 34.8 Å². The fourth-order valence-corrected chi connectivity index (χ4v) is 4.37. The van der Waals surface area contributed by atoms with Gasteiger partial charge in [-0.3, -0.25) is 9.59 Å². The van der Waals surface area contributed by atoms with E-state index in [1.54, 1.807) is 42.5 Å². The van der Waals surface area contributed by atoms with Crippen LogP contribution in [-0.2, 0) is 16.0 Å². The van der Waals surface area contributed by atoms with Crippen LogP contribution in [0.5, 0.6) is 5.75 Å². The number of ketones is 1. The molecule has 1 fully saturated rings. The first-order valence-electron chi connectivity index (χ1n) is 10.9. The second-order valence-electron chi connectivity index (χ2n) is 7.86. The monoisotopic (exact) mass is 495 g/mol. The van der Waals surface area contributed by atoms with E-state index >= 15 is 0 Å². The third kappa shape index (κ3) is 4.81. The molecule has 174 valence electrons. The highest BCUT2D eigenvalue weighted by atomic mass is 35.5. The molecule has 1 heterocycles. The number of benzene rings is 3. The minimum atomic E-state index is -0.801. The Bertz CT molecular complexity index is 1240. The molecular weight excluding hydrogens is 473 g/mol. The Morgan fingerprint density at radius 3 is 2.32 bits per heavy atom. The predicted octanol–water partition coefficient (Wildman–Crippen LogP) is 6.06. The maximum absolute atomic E-state index is 13.2. The van der Waals surface area contributed by atoms with Crippen LogP contribution < -0.4 is 4.74 Å². The van der Waals surface area contributed by atoms with Crippen LogP contribution in [0.15, 0.2) is 78.4 Å². The van der Waals surface area contributed by atoms with Gasteiger partial charge < -0.3 is 14.7 Å². The fraction of sp³-hybridized carbons (Fsp3) is 0.185. The van der Waals surface area contributed by atoms with E-state index in [4.69, 9.17) is 27.9 Å². The summed E-state index contributed by atoms with van der Waals surface area (Å²) >= 11 is 12.4. The van der Waals surface area contributed by atoms with Crippen molar-refractivity contribution in [1.29, 1.82) is 0 Å². The minimum absolute atomic E-state index is 0.0145. The summed E-state index contributed by atoms with van der Waals surface area (Å²) in [5.41, 5.74) is 2.05. The number of hydrogen-bond donors (Lipinski definition) is 1. The number of aliphatic hydroxyl groups excluding tert-OH is 1. The molecule has 0 radical (unpaired) electrons. The Hall–Kier alpha value is -3.28. The molecule has 1 N–H and O–H groups in total. The molecule has 1 unspecified atom stereocenters. The summed E-state index contributed by atoms with van der Waals surface area (Å²) in [5.74, 6) is -1.02. The standard InChI is InChI=1S/C27H23Cl2NO4/c1-2-34-20-11-8-18(9-12-20)25(31)23-24(19-10-13-21(28)22(29)16-19)30(27(33)26(23)32)15-14-17-6-4-3-5-7-17/h3-13,16,24,31H,2,14-15H2,1H3. The Morgan fingerprint density at radius 1 is 0.971 bits per heavy atom. The van der Waals surface area contributed by atoms with Crippen molar-refractivity contribution in [2.75, 3.05) is 13.2 Å². The summed E-state index contributed by atoms with van der Waals surface area (Å²) in [6.45, 7) is 2.68. The highest BCUT2D eigenvalue weighted by molar-refractivity contribution is 6.46. The molecule has 0 aliphatic carbocycles. The smallest absolute Gasteiger partial charge is 0.295 e. The van der Waals surface area contributed by atoms with Gasteiger partial charge in [0.15, 0.2) is 0 Å². The molecule has 0 spiro atoms. The van der Waals surface area contributed by atoms with Gasteiger partial charge in [-0.15, -0.1) is 0 Å². The Labute approximate surface area is 208 Å². The lowest BCUT2D eigenvalue weighted by Gasteiger charge is -2.25. The van der Waals surface area contributed by atoms with Crippen LogP contribution in [0.1, 0.15) is 29.7 Å². The number of halogens is 2. The van der Waals surface area contributed by atoms with Crippen molar-refractivity contribution in [3.63, 3.8) is 0 Å². The summed E-state index contributed by atoms with van der Waals surface area (Å²) in [7, 11) is 0. The van der Waals surface area contributed by atoms with Gasteiger partial charge in [-0.05, 0) is 60.9 Å². The quantitative estimate of drug-likeness (QED) is 0.246. The van der Waals surface area contributed by atoms with E-state index in [-0.39, 0.29) is 11.3 Å². The molecule has 7 heteroatoms. The molecule has 34 heavy (non-hydrogen) atoms. The van der Waals surface area contributed by atoms with Crippen LogP contribution in [0.2, 0.25) is 10.0 Å². The number of Topliss-reactive ketones (excluding diaryl/α,β-unsaturated/α-hetero) is 1. The zero-order chi connectivity index (χ0) is 24.2. The summed E-state index contributed by atoms with van der Waals surface area (Å²) in [4.78, 5) is 27.7. The van der Waals surface area contributed by atoms with E-state index in [0.29, 0.717) is 46.5 Å². The van der Waals surface area contributed by atoms with E-state index in [1.807, 2.05) is 37.3 Å². The summed E-state index contributed by atoms with van der Waals surface area (Å²) in [5, 5.41) is 11.8. The van der Waals surface area contributed by atoms with Crippen LogP contribution in [0, 0.1) is 0 Å². The third-order valence-electron chi connectivity index (χ3n) is 5.72. The van der Waals surface area contributed by atoms with E-state index < -0.39 is 17.7 Å². The topological polar surface area (TPSA) is 66.8 Å². The number of hydrogen-bond acceptors (Lipinski definition) is 4. The maximum atomic E-state index is 13.2. The number of carbonyl (C=O) groups excluding carboxylic acids is 2. The van der Waals surface area contributed by atoms with Gasteiger partial charge in [0.05, 0.1) is 28.3 Å². The van der Waals surface area contributed by atoms with Gasteiger partial charge in [0.1, 0.15) is 11.5 Å². The van der Waals surface area contributed by atoms with Crippen LogP contribution in [0.4, 0.5) is 0 Å². The van der Waals surface area contributed by atoms with E-state index in [9.17, 15) is 14.7 Å². The zero-order valence-corrected chi connectivity index (χ0v) is 20.0. The number of aliphatic hydroxyl groups is 1. The first-order chi connectivity index (χ1) is 16.4. The third-order valence-corrected chi connectivity index (χ3v) is 6.46. The van der Waals surface area contributed by atoms with Crippen molar-refractivity contribution in [3.8, 4) is 5.75 Å². The number of amides is 1. The highest BCUT2D eigenvalue weighted by Gasteiger charge is 2.46. The van der Waals surface area contributed by atoms with Crippen molar-refractivity contribution in [3.05, 3.63) is 105 Å². The van der Waals surface area contributed by atoms with Crippen molar-refractivity contribution in [1.82, 2.24) is 4.90 Å². The first-order valence-corrected chi connectivity index (χ1v) is 11.7. The lowest BCUT2D eigenvalue weighted by Crippen LogP contribution is -2.31. The summed E-state index contributed by atoms with van der Waals surface area (Å²) in [6.07, 6.45) is 0.550. The number of rotatable bonds is 7. The molecular formula is C27H23Cl2NO4. The molecule has 0 bridgehead atoms. The van der Waals surface area contributed by atoms with Crippen molar-refractivity contribution in [2.24, 2.45) is 0 Å². The Morgan fingerprint density at radius 2 is 1.68 bits per heavy atom. The fourth-order valence-electron chi connectivity index (χ4n) is 4.07.